The van der Waals surface area contributed by atoms with Gasteiger partial charge < -0.3 is 4.74 Å². The zero-order valence-electron chi connectivity index (χ0n) is 10.6. The Labute approximate surface area is 114 Å². The Morgan fingerprint density at radius 1 is 1.63 bits per heavy atom. The third-order valence-electron chi connectivity index (χ3n) is 3.25. The maximum absolute atomic E-state index is 12.1. The van der Waals surface area contributed by atoms with Crippen LogP contribution in [0.25, 0.3) is 0 Å². The van der Waals surface area contributed by atoms with Gasteiger partial charge in [0.25, 0.3) is 0 Å². The molecule has 1 amide bonds. The molecule has 7 heteroatoms. The predicted octanol–water partition coefficient (Wildman–Crippen LogP) is 1.93. The van der Waals surface area contributed by atoms with Crippen molar-refractivity contribution < 1.29 is 9.53 Å². The molecule has 0 unspecified atom stereocenters. The van der Waals surface area contributed by atoms with Gasteiger partial charge in [-0.3, -0.25) is 10.1 Å². The summed E-state index contributed by atoms with van der Waals surface area (Å²) in [5.41, 5.74) is 1.27. The van der Waals surface area contributed by atoms with E-state index < -0.39 is 0 Å². The van der Waals surface area contributed by atoms with Gasteiger partial charge in [0.05, 0.1) is 7.11 Å². The number of anilines is 1. The van der Waals surface area contributed by atoms with E-state index in [1.54, 1.807) is 11.3 Å². The summed E-state index contributed by atoms with van der Waals surface area (Å²) in [6.45, 7) is 2.08. The molecule has 0 radical (unpaired) electrons. The first-order valence-electron chi connectivity index (χ1n) is 6.00. The van der Waals surface area contributed by atoms with Crippen molar-refractivity contribution in [3.63, 3.8) is 0 Å². The molecular weight excluding hydrogens is 264 g/mol. The Kier molecular flexibility index (Phi) is 2.98. The summed E-state index contributed by atoms with van der Waals surface area (Å²) < 4.78 is 4.85. The van der Waals surface area contributed by atoms with Gasteiger partial charge in [-0.2, -0.15) is 4.98 Å². The van der Waals surface area contributed by atoms with Crippen LogP contribution < -0.4 is 10.1 Å². The standard InChI is InChI=1S/C12H14N4O2S/c1-6-3-4-19-9(6)7-5-8(7)10(17)13-11-14-12(18-2)16-15-11/h3-4,7-8H,5H2,1-2H3,(H2,13,14,15,16,17)/t7-,8+/m1/s1. The minimum Gasteiger partial charge on any atom is -0.466 e. The first-order chi connectivity index (χ1) is 9.19. The zero-order valence-corrected chi connectivity index (χ0v) is 11.5. The second kappa shape index (κ2) is 4.65. The van der Waals surface area contributed by atoms with Crippen LogP contribution in [0.4, 0.5) is 5.95 Å². The summed E-state index contributed by atoms with van der Waals surface area (Å²) in [6.07, 6.45) is 0.901. The summed E-state index contributed by atoms with van der Waals surface area (Å²) in [5.74, 6) is 0.699. The number of carbonyl (C=O) groups excluding carboxylic acids is 1. The van der Waals surface area contributed by atoms with Crippen LogP contribution in [0, 0.1) is 12.8 Å². The van der Waals surface area contributed by atoms with Gasteiger partial charge in [-0.15, -0.1) is 16.4 Å². The number of hydrogen-bond acceptors (Lipinski definition) is 5. The molecule has 0 aromatic carbocycles. The third-order valence-corrected chi connectivity index (χ3v) is 4.41. The molecule has 2 N–H and O–H groups in total. The number of ether oxygens (including phenoxy) is 1. The number of aromatic amines is 1. The average molecular weight is 278 g/mol. The summed E-state index contributed by atoms with van der Waals surface area (Å²) in [7, 11) is 1.48. The lowest BCUT2D eigenvalue weighted by atomic mass is 10.2. The highest BCUT2D eigenvalue weighted by atomic mass is 32.1. The Morgan fingerprint density at radius 3 is 3.11 bits per heavy atom. The molecule has 2 atom stereocenters. The van der Waals surface area contributed by atoms with Gasteiger partial charge in [-0.1, -0.05) is 0 Å². The summed E-state index contributed by atoms with van der Waals surface area (Å²) in [5, 5.41) is 11.2. The number of nitrogens with zero attached hydrogens (tertiary/aromatic N) is 2. The van der Waals surface area contributed by atoms with Crippen molar-refractivity contribution in [1.29, 1.82) is 0 Å². The number of carbonyl (C=O) groups is 1. The van der Waals surface area contributed by atoms with E-state index >= 15 is 0 Å². The third kappa shape index (κ3) is 2.33. The van der Waals surface area contributed by atoms with E-state index in [1.807, 2.05) is 0 Å². The number of methoxy groups -OCH3 is 1. The van der Waals surface area contributed by atoms with Crippen LogP contribution in [0.2, 0.25) is 0 Å². The number of rotatable bonds is 4. The van der Waals surface area contributed by atoms with Crippen molar-refractivity contribution >= 4 is 23.2 Å². The van der Waals surface area contributed by atoms with Crippen LogP contribution in [0.15, 0.2) is 11.4 Å². The quantitative estimate of drug-likeness (QED) is 0.895. The molecule has 0 bridgehead atoms. The minimum absolute atomic E-state index is 0.0170. The molecule has 0 saturated heterocycles. The minimum atomic E-state index is -0.0170. The van der Waals surface area contributed by atoms with E-state index in [2.05, 4.69) is 38.9 Å². The van der Waals surface area contributed by atoms with E-state index in [9.17, 15) is 4.79 Å². The molecule has 2 aromatic heterocycles. The van der Waals surface area contributed by atoms with E-state index in [0.29, 0.717) is 11.9 Å². The molecule has 100 valence electrons. The molecule has 1 aliphatic rings. The average Bonchev–Trinajstić information content (AvgIpc) is 2.86. The van der Waals surface area contributed by atoms with Crippen molar-refractivity contribution in [2.24, 2.45) is 5.92 Å². The highest BCUT2D eigenvalue weighted by molar-refractivity contribution is 7.10. The van der Waals surface area contributed by atoms with Crippen molar-refractivity contribution in [3.05, 3.63) is 21.9 Å². The lowest BCUT2D eigenvalue weighted by molar-refractivity contribution is -0.117. The second-order valence-corrected chi connectivity index (χ2v) is 5.52. The SMILES string of the molecule is COc1n[nH]c(NC(=O)[C@H]2C[C@H]2c2sccc2C)n1. The Balaban J connectivity index is 1.62. The summed E-state index contributed by atoms with van der Waals surface area (Å²) in [4.78, 5) is 17.3. The number of aromatic nitrogens is 3. The summed E-state index contributed by atoms with van der Waals surface area (Å²) >= 11 is 1.72. The molecule has 1 aliphatic carbocycles. The molecule has 0 aliphatic heterocycles. The van der Waals surface area contributed by atoms with Crippen LogP contribution in [-0.4, -0.2) is 28.2 Å². The molecule has 19 heavy (non-hydrogen) atoms. The largest absolute Gasteiger partial charge is 0.466 e. The van der Waals surface area contributed by atoms with Crippen LogP contribution in [0.1, 0.15) is 22.8 Å². The fourth-order valence-corrected chi connectivity index (χ4v) is 3.25. The molecule has 2 heterocycles. The highest BCUT2D eigenvalue weighted by Crippen LogP contribution is 2.50. The first-order valence-corrected chi connectivity index (χ1v) is 6.88. The molecule has 3 rings (SSSR count). The molecule has 6 nitrogen and oxygen atoms in total. The lowest BCUT2D eigenvalue weighted by Gasteiger charge is -2.00. The van der Waals surface area contributed by atoms with Gasteiger partial charge in [0.1, 0.15) is 0 Å². The number of H-pyrrole nitrogens is 1. The van der Waals surface area contributed by atoms with Crippen molar-refractivity contribution in [3.8, 4) is 6.01 Å². The van der Waals surface area contributed by atoms with Crippen LogP contribution in [0.5, 0.6) is 6.01 Å². The second-order valence-electron chi connectivity index (χ2n) is 4.58. The van der Waals surface area contributed by atoms with Gasteiger partial charge >= 0.3 is 6.01 Å². The summed E-state index contributed by atoms with van der Waals surface area (Å²) in [6, 6.07) is 2.31. The predicted molar refractivity (Wildman–Crippen MR) is 71.5 cm³/mol. The Hall–Kier alpha value is -1.89. The van der Waals surface area contributed by atoms with E-state index in [-0.39, 0.29) is 17.8 Å². The molecule has 2 aromatic rings. The highest BCUT2D eigenvalue weighted by Gasteiger charge is 2.45. The normalized spacial score (nSPS) is 21.2. The number of hydrogen-bond donors (Lipinski definition) is 2. The molecular formula is C12H14N4O2S. The number of amides is 1. The fourth-order valence-electron chi connectivity index (χ4n) is 2.14. The molecule has 0 spiro atoms. The number of thiophene rings is 1. The van der Waals surface area contributed by atoms with Crippen molar-refractivity contribution in [2.75, 3.05) is 12.4 Å². The van der Waals surface area contributed by atoms with Gasteiger partial charge in [-0.05, 0) is 30.4 Å². The van der Waals surface area contributed by atoms with Crippen molar-refractivity contribution in [2.45, 2.75) is 19.3 Å². The topological polar surface area (TPSA) is 79.9 Å². The Morgan fingerprint density at radius 2 is 2.47 bits per heavy atom. The fraction of sp³-hybridized carbons (Fsp3) is 0.417. The monoisotopic (exact) mass is 278 g/mol. The molecule has 1 fully saturated rings. The van der Waals surface area contributed by atoms with Crippen LogP contribution in [-0.2, 0) is 4.79 Å². The number of aryl methyl sites for hydroxylation is 1. The maximum Gasteiger partial charge on any atom is 0.336 e. The van der Waals surface area contributed by atoms with Crippen molar-refractivity contribution in [1.82, 2.24) is 15.2 Å². The molecule has 1 saturated carbocycles. The van der Waals surface area contributed by atoms with Gasteiger partial charge in [-0.25, -0.2) is 5.10 Å². The smallest absolute Gasteiger partial charge is 0.336 e. The number of nitrogens with one attached hydrogen (secondary N) is 2. The van der Waals surface area contributed by atoms with E-state index in [4.69, 9.17) is 4.74 Å². The zero-order chi connectivity index (χ0) is 13.4. The van der Waals surface area contributed by atoms with Gasteiger partial charge in [0, 0.05) is 16.7 Å². The first kappa shape index (κ1) is 12.2. The van der Waals surface area contributed by atoms with Crippen LogP contribution in [0.3, 0.4) is 0 Å². The maximum atomic E-state index is 12.1. The lowest BCUT2D eigenvalue weighted by Crippen LogP contribution is -2.15. The van der Waals surface area contributed by atoms with E-state index in [0.717, 1.165) is 6.42 Å². The van der Waals surface area contributed by atoms with E-state index in [1.165, 1.54) is 17.6 Å². The Bertz CT molecular complexity index is 606. The van der Waals surface area contributed by atoms with Gasteiger partial charge in [0.15, 0.2) is 0 Å². The van der Waals surface area contributed by atoms with Crippen LogP contribution >= 0.6 is 11.3 Å². The van der Waals surface area contributed by atoms with Gasteiger partial charge in [0.2, 0.25) is 11.9 Å².